The maximum atomic E-state index is 15.1. The van der Waals surface area contributed by atoms with Gasteiger partial charge in [-0.05, 0) is 86.9 Å². The number of aliphatic hydroxyl groups excluding tert-OH is 1. The topological polar surface area (TPSA) is 173 Å². The maximum Gasteiger partial charge on any atom is 0.354 e. The molecule has 2 aromatic carbocycles. The smallest absolute Gasteiger partial charge is 0.354 e. The Balaban J connectivity index is 1.31. The molecular weight excluding hydrogens is 595 g/mol. The van der Waals surface area contributed by atoms with Crippen molar-refractivity contribution in [3.05, 3.63) is 81.1 Å². The highest BCUT2D eigenvalue weighted by Gasteiger charge is 2.22. The average molecular weight is 637 g/mol. The van der Waals surface area contributed by atoms with Crippen LogP contribution in [0.1, 0.15) is 62.6 Å². The van der Waals surface area contributed by atoms with Gasteiger partial charge in [0.1, 0.15) is 11.5 Å². The third kappa shape index (κ3) is 7.98. The van der Waals surface area contributed by atoms with Gasteiger partial charge in [0.05, 0.1) is 29.1 Å². The molecule has 0 bridgehead atoms. The van der Waals surface area contributed by atoms with Crippen LogP contribution in [0.15, 0.2) is 58.4 Å². The van der Waals surface area contributed by atoms with Crippen molar-refractivity contribution in [2.75, 3.05) is 13.2 Å². The number of H-pyrrole nitrogens is 1. The van der Waals surface area contributed by atoms with Crippen LogP contribution >= 0.6 is 11.6 Å². The normalized spacial score (nSPS) is 18.8. The van der Waals surface area contributed by atoms with E-state index in [0.29, 0.717) is 34.5 Å². The van der Waals surface area contributed by atoms with Crippen molar-refractivity contribution in [1.29, 1.82) is 0 Å². The molecule has 1 saturated heterocycles. The Kier molecular flexibility index (Phi) is 10.7. The lowest BCUT2D eigenvalue weighted by molar-refractivity contribution is 0.289. The summed E-state index contributed by atoms with van der Waals surface area (Å²) < 4.78 is 16.6. The second-order valence-electron chi connectivity index (χ2n) is 12.0. The first-order valence-electron chi connectivity index (χ1n) is 15.5. The number of nitrogens with zero attached hydrogens (tertiary/aromatic N) is 3. The number of aromatic amines is 1. The zero-order chi connectivity index (χ0) is 32.1. The highest BCUT2D eigenvalue weighted by Crippen LogP contribution is 2.32. The minimum Gasteiger partial charge on any atom is -0.394 e. The van der Waals surface area contributed by atoms with Gasteiger partial charge in [0.15, 0.2) is 5.82 Å². The second-order valence-corrected chi connectivity index (χ2v) is 12.4. The fourth-order valence-electron chi connectivity index (χ4n) is 5.88. The molecule has 0 unspecified atom stereocenters. The van der Waals surface area contributed by atoms with Crippen LogP contribution in [0.25, 0.3) is 28.0 Å². The van der Waals surface area contributed by atoms with Gasteiger partial charge in [0.25, 0.3) is 0 Å². The van der Waals surface area contributed by atoms with Crippen molar-refractivity contribution in [3.63, 3.8) is 0 Å². The summed E-state index contributed by atoms with van der Waals surface area (Å²) in [6.45, 7) is 2.28. The number of piperidine rings is 1. The molecule has 240 valence electrons. The number of rotatable bonds is 12. The maximum absolute atomic E-state index is 15.1. The molecule has 9 N–H and O–H groups in total. The van der Waals surface area contributed by atoms with Gasteiger partial charge in [0.2, 0.25) is 0 Å². The van der Waals surface area contributed by atoms with Crippen LogP contribution < -0.4 is 28.2 Å². The summed E-state index contributed by atoms with van der Waals surface area (Å²) in [7, 11) is 0. The number of fused-ring (bicyclic) bond motifs is 1. The van der Waals surface area contributed by atoms with E-state index >= 15 is 4.39 Å². The standard InChI is InChI=1S/C33H42ClFN8O2/c1-19(36)4-2-5-20-14-25(30(35)26(34)15-20)29-16-22-17-43(33(45)42-32(22)41-29)24-10-8-21(9-11-24)28-7-3-6-23(40-28)12-13-39-31(38)27(37)18-44/h8-11,14-17,19,23,27-28,40,44H,2-7,12-13,18,36-37H2,1H3,(H2,38,39)(H,41,42,45)/t19-,23-,27-,28-/m0/s1. The van der Waals surface area contributed by atoms with Gasteiger partial charge in [-0.1, -0.05) is 30.2 Å². The number of amidine groups is 1. The number of hydrogen-bond acceptors (Lipinski definition) is 7. The summed E-state index contributed by atoms with van der Waals surface area (Å²) >= 11 is 6.26. The highest BCUT2D eigenvalue weighted by atomic mass is 35.5. The summed E-state index contributed by atoms with van der Waals surface area (Å²) in [4.78, 5) is 24.7. The van der Waals surface area contributed by atoms with Crippen molar-refractivity contribution in [3.8, 4) is 16.9 Å². The Morgan fingerprint density at radius 2 is 2.00 bits per heavy atom. The molecule has 5 rings (SSSR count). The Morgan fingerprint density at radius 3 is 2.73 bits per heavy atom. The van der Waals surface area contributed by atoms with Gasteiger partial charge in [0, 0.05) is 41.8 Å². The van der Waals surface area contributed by atoms with Crippen LogP contribution in [-0.4, -0.2) is 56.8 Å². The van der Waals surface area contributed by atoms with E-state index in [0.717, 1.165) is 56.1 Å². The van der Waals surface area contributed by atoms with Crippen molar-refractivity contribution in [1.82, 2.24) is 19.9 Å². The SMILES string of the molecule is C[C@H](N)CCCc1cc(Cl)c(F)c(-c2cc3cn(-c4ccc([C@@H]5CCC[C@@H](CCN=C(N)[C@@H](N)CO)N5)cc4)c(=O)nc3[nH]2)c1. The fourth-order valence-corrected chi connectivity index (χ4v) is 6.12. The average Bonchev–Trinajstić information content (AvgIpc) is 3.44. The number of hydrogen-bond donors (Lipinski definition) is 6. The van der Waals surface area contributed by atoms with Crippen LogP contribution in [0.2, 0.25) is 5.02 Å². The molecular formula is C33H42ClFN8O2. The minimum atomic E-state index is -0.627. The Labute approximate surface area is 266 Å². The minimum absolute atomic E-state index is 0.0503. The summed E-state index contributed by atoms with van der Waals surface area (Å²) in [5.74, 6) is -0.250. The molecule has 10 nitrogen and oxygen atoms in total. The Morgan fingerprint density at radius 1 is 1.22 bits per heavy atom. The lowest BCUT2D eigenvalue weighted by Gasteiger charge is -2.31. The van der Waals surface area contributed by atoms with Crippen molar-refractivity contribution in [2.24, 2.45) is 22.2 Å². The van der Waals surface area contributed by atoms with E-state index in [9.17, 15) is 4.79 Å². The number of nitrogens with one attached hydrogen (secondary N) is 2. The van der Waals surface area contributed by atoms with E-state index in [1.165, 1.54) is 4.57 Å². The molecule has 12 heteroatoms. The molecule has 4 aromatic rings. The molecule has 1 aliphatic heterocycles. The third-order valence-electron chi connectivity index (χ3n) is 8.42. The number of aliphatic hydroxyl groups is 1. The van der Waals surface area contributed by atoms with E-state index in [2.05, 4.69) is 20.3 Å². The van der Waals surface area contributed by atoms with Crippen molar-refractivity contribution in [2.45, 2.75) is 76.0 Å². The molecule has 2 aromatic heterocycles. The van der Waals surface area contributed by atoms with Gasteiger partial charge in [-0.2, -0.15) is 4.98 Å². The number of aryl methyl sites for hydroxylation is 1. The van der Waals surface area contributed by atoms with Gasteiger partial charge >= 0.3 is 5.69 Å². The van der Waals surface area contributed by atoms with E-state index in [1.54, 1.807) is 24.4 Å². The highest BCUT2D eigenvalue weighted by molar-refractivity contribution is 6.31. The number of halogens is 2. The molecule has 0 saturated carbocycles. The lowest BCUT2D eigenvalue weighted by Crippen LogP contribution is -2.40. The molecule has 1 aliphatic rings. The predicted molar refractivity (Wildman–Crippen MR) is 178 cm³/mol. The Bertz CT molecular complexity index is 1700. The first-order chi connectivity index (χ1) is 21.6. The van der Waals surface area contributed by atoms with Crippen LogP contribution in [-0.2, 0) is 6.42 Å². The Hall–Kier alpha value is -3.61. The largest absolute Gasteiger partial charge is 0.394 e. The molecule has 1 fully saturated rings. The van der Waals surface area contributed by atoms with Crippen LogP contribution in [0.4, 0.5) is 4.39 Å². The zero-order valence-electron chi connectivity index (χ0n) is 25.5. The molecule has 4 atom stereocenters. The fraction of sp³-hybridized carbons (Fsp3) is 0.424. The first kappa shape index (κ1) is 32.8. The molecule has 0 spiro atoms. The molecule has 0 amide bonds. The first-order valence-corrected chi connectivity index (χ1v) is 15.9. The number of aromatic nitrogens is 3. The van der Waals surface area contributed by atoms with E-state index < -0.39 is 17.5 Å². The quantitative estimate of drug-likeness (QED) is 0.100. The lowest BCUT2D eigenvalue weighted by atomic mass is 9.92. The van der Waals surface area contributed by atoms with Gasteiger partial charge in [-0.15, -0.1) is 0 Å². The van der Waals surface area contributed by atoms with Crippen molar-refractivity contribution < 1.29 is 9.50 Å². The van der Waals surface area contributed by atoms with Crippen LogP contribution in [0.5, 0.6) is 0 Å². The number of nitrogens with two attached hydrogens (primary N) is 3. The predicted octanol–water partition coefficient (Wildman–Crippen LogP) is 4.09. The molecule has 0 radical (unpaired) electrons. The van der Waals surface area contributed by atoms with Gasteiger partial charge in [-0.3, -0.25) is 9.56 Å². The summed E-state index contributed by atoms with van der Waals surface area (Å²) in [6.07, 6.45) is 8.13. The van der Waals surface area contributed by atoms with E-state index in [4.69, 9.17) is 33.9 Å². The molecule has 0 aliphatic carbocycles. The van der Waals surface area contributed by atoms with E-state index in [1.807, 2.05) is 31.2 Å². The third-order valence-corrected chi connectivity index (χ3v) is 8.69. The number of benzene rings is 2. The number of aliphatic imine (C=N–C) groups is 1. The summed E-state index contributed by atoms with van der Waals surface area (Å²) in [5, 5.41) is 13.6. The van der Waals surface area contributed by atoms with Gasteiger partial charge in [-0.25, -0.2) is 9.18 Å². The van der Waals surface area contributed by atoms with Gasteiger partial charge < -0.3 is 32.6 Å². The summed E-state index contributed by atoms with van der Waals surface area (Å²) in [5.41, 5.74) is 20.9. The van der Waals surface area contributed by atoms with Crippen molar-refractivity contribution >= 4 is 28.5 Å². The van der Waals surface area contributed by atoms with Crippen LogP contribution in [0.3, 0.4) is 0 Å². The molecule has 45 heavy (non-hydrogen) atoms. The second kappa shape index (κ2) is 14.7. The molecule has 3 heterocycles. The monoisotopic (exact) mass is 636 g/mol. The summed E-state index contributed by atoms with van der Waals surface area (Å²) in [6, 6.07) is 13.0. The van der Waals surface area contributed by atoms with E-state index in [-0.39, 0.29) is 35.6 Å². The van der Waals surface area contributed by atoms with Crippen LogP contribution in [0, 0.1) is 5.82 Å². The zero-order valence-corrected chi connectivity index (χ0v) is 26.2.